The van der Waals surface area contributed by atoms with Gasteiger partial charge in [-0.25, -0.2) is 9.78 Å². The number of Topliss-reactive ketones (excluding diaryl/α,β-unsaturated/α-hetero) is 1. The van der Waals surface area contributed by atoms with Gasteiger partial charge in [-0.2, -0.15) is 0 Å². The predicted molar refractivity (Wildman–Crippen MR) is 192 cm³/mol. The van der Waals surface area contributed by atoms with Gasteiger partial charge >= 0.3 is 6.09 Å². The number of H-pyrrole nitrogens is 1. The van der Waals surface area contributed by atoms with E-state index in [1.54, 1.807) is 29.6 Å². The van der Waals surface area contributed by atoms with Crippen molar-refractivity contribution in [2.24, 2.45) is 29.1 Å². The molecule has 0 radical (unpaired) electrons. The Balaban J connectivity index is 0.981. The number of likely N-dealkylation sites (tertiary alicyclic amines) is 1. The Kier molecular flexibility index (Phi) is 11.1. The molecule has 2 amide bonds. The number of benzene rings is 1. The van der Waals surface area contributed by atoms with Gasteiger partial charge in [0.25, 0.3) is 5.56 Å². The molecular weight excluding hydrogens is 648 g/mol. The van der Waals surface area contributed by atoms with Crippen LogP contribution in [0.4, 0.5) is 4.79 Å². The second-order valence-corrected chi connectivity index (χ2v) is 16.1. The lowest BCUT2D eigenvalue weighted by molar-refractivity contribution is -0.139. The Morgan fingerprint density at radius 1 is 1.12 bits per heavy atom. The van der Waals surface area contributed by atoms with Gasteiger partial charge in [-0.1, -0.05) is 40.5 Å². The summed E-state index contributed by atoms with van der Waals surface area (Å²) in [7, 11) is 0. The number of unbranched alkanes of at least 4 members (excludes halogenated alkanes) is 2. The molecule has 2 saturated carbocycles. The third-order valence-corrected chi connectivity index (χ3v) is 10.8. The quantitative estimate of drug-likeness (QED) is 0.199. The van der Waals surface area contributed by atoms with Crippen molar-refractivity contribution in [1.29, 1.82) is 0 Å². The summed E-state index contributed by atoms with van der Waals surface area (Å²) < 4.78 is 11.9. The molecule has 1 aromatic carbocycles. The Hall–Kier alpha value is -4.35. The van der Waals surface area contributed by atoms with Gasteiger partial charge in [-0.3, -0.25) is 24.4 Å². The molecular formula is C39H52N6O6. The predicted octanol–water partition coefficient (Wildman–Crippen LogP) is 5.78. The van der Waals surface area contributed by atoms with Crippen LogP contribution in [-0.4, -0.2) is 67.4 Å². The molecule has 3 fully saturated rings. The number of alkyl carbamates (subject to hydrolysis) is 1. The molecule has 2 N–H and O–H groups in total. The van der Waals surface area contributed by atoms with Crippen molar-refractivity contribution in [3.05, 3.63) is 58.5 Å². The summed E-state index contributed by atoms with van der Waals surface area (Å²) in [4.78, 5) is 69.8. The summed E-state index contributed by atoms with van der Waals surface area (Å²) in [6, 6.07) is 4.25. The summed E-state index contributed by atoms with van der Waals surface area (Å²) in [6.07, 6.45) is 11.7. The molecule has 1 aliphatic heterocycles. The maximum Gasteiger partial charge on any atom is 0.408 e. The molecule has 51 heavy (non-hydrogen) atoms. The van der Waals surface area contributed by atoms with E-state index in [0.717, 1.165) is 38.5 Å². The Labute approximate surface area is 299 Å². The standard InChI is InChI=1S/C39H52N6O6/c1-23-13-16-45(35(23)24(2)46)37(48)33(20-39(3,4)5)44-38(49)51-34-18-25-17-29(25)28(34)9-7-6-8-10-31-36(47)43-32-19-27(11-12-30(32)42-31)50-22-26-21-40-14-15-41-26/h11-12,14-15,19,21,23,25,28-29,33-35H,6-10,13,16-18,20,22H2,1-5H3,(H,43,47)(H,44,49)/t23-,25?,28-,29?,33?,34?,35+/m1/s1. The van der Waals surface area contributed by atoms with Gasteiger partial charge in [0.15, 0.2) is 5.78 Å². The summed E-state index contributed by atoms with van der Waals surface area (Å²) in [6.45, 7) is 10.5. The lowest BCUT2D eigenvalue weighted by Crippen LogP contribution is -2.53. The van der Waals surface area contributed by atoms with Crippen LogP contribution in [0.1, 0.15) is 97.4 Å². The SMILES string of the molecule is CC(=O)[C@@H]1[C@H](C)CCN1C(=O)C(CC(C)(C)C)NC(=O)OC1CC2CC2[C@H]1CCCCCc1nc2ccc(OCc3cnccn3)cc2[nH]c1=O. The van der Waals surface area contributed by atoms with E-state index in [1.807, 2.05) is 39.8 Å². The first-order valence-corrected chi connectivity index (χ1v) is 18.5. The van der Waals surface area contributed by atoms with Gasteiger partial charge in [0, 0.05) is 25.0 Å². The maximum atomic E-state index is 13.7. The number of amides is 2. The van der Waals surface area contributed by atoms with Crippen molar-refractivity contribution in [3.63, 3.8) is 0 Å². The molecule has 1 saturated heterocycles. The summed E-state index contributed by atoms with van der Waals surface area (Å²) >= 11 is 0. The van der Waals surface area contributed by atoms with Crippen molar-refractivity contribution in [2.45, 2.75) is 117 Å². The zero-order valence-corrected chi connectivity index (χ0v) is 30.5. The van der Waals surface area contributed by atoms with Crippen molar-refractivity contribution in [2.75, 3.05) is 6.54 Å². The molecule has 0 bridgehead atoms. The number of aryl methyl sites for hydroxylation is 1. The number of carbonyl (C=O) groups is 3. The minimum absolute atomic E-state index is 0.0187. The Morgan fingerprint density at radius 3 is 2.69 bits per heavy atom. The van der Waals surface area contributed by atoms with E-state index in [2.05, 4.69) is 25.3 Å². The van der Waals surface area contributed by atoms with Crippen LogP contribution in [-0.2, 0) is 27.4 Å². The minimum atomic E-state index is -0.753. The minimum Gasteiger partial charge on any atom is -0.487 e. The molecule has 12 heteroatoms. The topological polar surface area (TPSA) is 156 Å². The normalized spacial score (nSPS) is 24.6. The molecule has 4 unspecified atom stereocenters. The number of aromatic nitrogens is 4. The first-order chi connectivity index (χ1) is 24.4. The van der Waals surface area contributed by atoms with Crippen molar-refractivity contribution in [1.82, 2.24) is 30.2 Å². The number of aromatic amines is 1. The Morgan fingerprint density at radius 2 is 1.94 bits per heavy atom. The average Bonchev–Trinajstić information content (AvgIpc) is 3.60. The van der Waals surface area contributed by atoms with Crippen molar-refractivity contribution < 1.29 is 23.9 Å². The smallest absolute Gasteiger partial charge is 0.408 e. The molecule has 3 aliphatic rings. The highest BCUT2D eigenvalue weighted by Gasteiger charge is 2.54. The molecule has 2 aromatic heterocycles. The van der Waals surface area contributed by atoms with Crippen LogP contribution in [0, 0.1) is 29.1 Å². The molecule has 2 aliphatic carbocycles. The summed E-state index contributed by atoms with van der Waals surface area (Å²) in [5.41, 5.74) is 2.16. The lowest BCUT2D eigenvalue weighted by atomic mass is 9.87. The Bertz CT molecular complexity index is 1770. The van der Waals surface area contributed by atoms with Gasteiger partial charge in [-0.15, -0.1) is 0 Å². The van der Waals surface area contributed by atoms with Gasteiger partial charge in [0.2, 0.25) is 5.91 Å². The molecule has 6 rings (SSSR count). The van der Waals surface area contributed by atoms with E-state index in [9.17, 15) is 19.2 Å². The van der Waals surface area contributed by atoms with Crippen molar-refractivity contribution in [3.8, 4) is 5.75 Å². The summed E-state index contributed by atoms with van der Waals surface area (Å²) in [5, 5.41) is 2.92. The van der Waals surface area contributed by atoms with Gasteiger partial charge in [0.05, 0.1) is 29.0 Å². The number of ether oxygens (including phenoxy) is 2. The molecule has 12 nitrogen and oxygen atoms in total. The average molecular weight is 701 g/mol. The van der Waals surface area contributed by atoms with Gasteiger partial charge in [0.1, 0.15) is 30.2 Å². The lowest BCUT2D eigenvalue weighted by Gasteiger charge is -2.32. The van der Waals surface area contributed by atoms with Crippen LogP contribution >= 0.6 is 0 Å². The molecule has 7 atom stereocenters. The zero-order chi connectivity index (χ0) is 36.3. The maximum absolute atomic E-state index is 13.7. The number of hydrogen-bond donors (Lipinski definition) is 2. The van der Waals surface area contributed by atoms with Gasteiger partial charge < -0.3 is 24.7 Å². The molecule has 3 heterocycles. The second kappa shape index (κ2) is 15.5. The third kappa shape index (κ3) is 9.12. The van der Waals surface area contributed by atoms with E-state index in [0.29, 0.717) is 65.3 Å². The zero-order valence-electron chi connectivity index (χ0n) is 30.5. The van der Waals surface area contributed by atoms with Crippen LogP contribution in [0.15, 0.2) is 41.6 Å². The van der Waals surface area contributed by atoms with Crippen LogP contribution in [0.5, 0.6) is 5.75 Å². The monoisotopic (exact) mass is 700 g/mol. The number of fused-ring (bicyclic) bond motifs is 2. The number of ketones is 1. The highest BCUT2D eigenvalue weighted by Crippen LogP contribution is 2.57. The fraction of sp³-hybridized carbons (Fsp3) is 0.615. The highest BCUT2D eigenvalue weighted by atomic mass is 16.6. The fourth-order valence-electron chi connectivity index (χ4n) is 8.27. The van der Waals surface area contributed by atoms with Crippen LogP contribution in [0.25, 0.3) is 11.0 Å². The molecule has 0 spiro atoms. The van der Waals surface area contributed by atoms with Crippen LogP contribution in [0.2, 0.25) is 0 Å². The van der Waals surface area contributed by atoms with Gasteiger partial charge in [-0.05, 0) is 93.1 Å². The van der Waals surface area contributed by atoms with Crippen LogP contribution < -0.4 is 15.6 Å². The van der Waals surface area contributed by atoms with E-state index < -0.39 is 18.2 Å². The van der Waals surface area contributed by atoms with Crippen molar-refractivity contribution >= 4 is 28.8 Å². The number of rotatable bonds is 14. The van der Waals surface area contributed by atoms with Crippen LogP contribution in [0.3, 0.4) is 0 Å². The summed E-state index contributed by atoms with van der Waals surface area (Å²) in [5.74, 6) is 1.96. The molecule has 274 valence electrons. The van der Waals surface area contributed by atoms with E-state index >= 15 is 0 Å². The number of hydrogen-bond acceptors (Lipinski definition) is 9. The number of carbonyl (C=O) groups excluding carboxylic acids is 3. The highest BCUT2D eigenvalue weighted by molar-refractivity contribution is 5.92. The van der Waals surface area contributed by atoms with E-state index in [1.165, 1.54) is 13.3 Å². The first-order valence-electron chi connectivity index (χ1n) is 18.5. The molecule has 3 aromatic rings. The second-order valence-electron chi connectivity index (χ2n) is 16.1. The number of nitrogens with one attached hydrogen (secondary N) is 2. The van der Waals surface area contributed by atoms with E-state index in [-0.39, 0.29) is 41.3 Å². The number of nitrogens with zero attached hydrogens (tertiary/aromatic N) is 4. The first kappa shape index (κ1) is 36.4. The largest absolute Gasteiger partial charge is 0.487 e. The third-order valence-electron chi connectivity index (χ3n) is 10.8. The fourth-order valence-corrected chi connectivity index (χ4v) is 8.27. The van der Waals surface area contributed by atoms with E-state index in [4.69, 9.17) is 9.47 Å².